The van der Waals surface area contributed by atoms with E-state index < -0.39 is 0 Å². The second kappa shape index (κ2) is 4.37. The number of piperidine rings is 1. The van der Waals surface area contributed by atoms with Crippen LogP contribution >= 0.6 is 0 Å². The average Bonchev–Trinajstić information content (AvgIpc) is 2.73. The molecule has 3 rings (SSSR count). The topological polar surface area (TPSA) is 84.2 Å². The van der Waals surface area contributed by atoms with E-state index >= 15 is 0 Å². The van der Waals surface area contributed by atoms with Gasteiger partial charge in [0.05, 0.1) is 25.6 Å². The zero-order valence-corrected chi connectivity index (χ0v) is 10.2. The van der Waals surface area contributed by atoms with Gasteiger partial charge in [-0.3, -0.25) is 4.79 Å². The molecular formula is C12H17N4O2. The van der Waals surface area contributed by atoms with Crippen LogP contribution in [0.4, 0.5) is 5.82 Å². The summed E-state index contributed by atoms with van der Waals surface area (Å²) in [5, 5.41) is 0. The summed E-state index contributed by atoms with van der Waals surface area (Å²) in [6.07, 6.45) is 5.98. The molecule has 2 saturated heterocycles. The van der Waals surface area contributed by atoms with Crippen LogP contribution < -0.4 is 16.2 Å². The number of hydrogen-bond acceptors (Lipinski definition) is 5. The summed E-state index contributed by atoms with van der Waals surface area (Å²) in [6, 6.07) is 0.120. The Labute approximate surface area is 105 Å². The van der Waals surface area contributed by atoms with E-state index in [-0.39, 0.29) is 17.0 Å². The molecule has 0 aromatic carbocycles. The first-order chi connectivity index (χ1) is 8.71. The molecule has 2 fully saturated rings. The van der Waals surface area contributed by atoms with E-state index in [2.05, 4.69) is 16.2 Å². The van der Waals surface area contributed by atoms with Gasteiger partial charge in [0.25, 0.3) is 5.56 Å². The molecule has 0 bridgehead atoms. The van der Waals surface area contributed by atoms with Crippen molar-refractivity contribution in [1.29, 1.82) is 0 Å². The maximum absolute atomic E-state index is 11.7. The molecule has 18 heavy (non-hydrogen) atoms. The van der Waals surface area contributed by atoms with Crippen molar-refractivity contribution in [1.82, 2.24) is 9.97 Å². The van der Waals surface area contributed by atoms with Crippen molar-refractivity contribution in [3.63, 3.8) is 0 Å². The van der Waals surface area contributed by atoms with Gasteiger partial charge in [-0.05, 0) is 12.8 Å². The molecule has 1 aromatic rings. The molecular weight excluding hydrogens is 232 g/mol. The van der Waals surface area contributed by atoms with Crippen LogP contribution in [0, 0.1) is 11.6 Å². The highest BCUT2D eigenvalue weighted by Gasteiger charge is 2.44. The number of nitrogens with two attached hydrogens (primary N) is 1. The Balaban J connectivity index is 1.74. The lowest BCUT2D eigenvalue weighted by Gasteiger charge is -2.40. The second-order valence-electron chi connectivity index (χ2n) is 5.15. The Bertz CT molecular complexity index is 479. The van der Waals surface area contributed by atoms with Crippen molar-refractivity contribution >= 4 is 5.82 Å². The number of aromatic nitrogens is 2. The van der Waals surface area contributed by atoms with Crippen LogP contribution in [0.3, 0.4) is 0 Å². The van der Waals surface area contributed by atoms with Crippen LogP contribution in [0.1, 0.15) is 12.8 Å². The van der Waals surface area contributed by atoms with E-state index in [1.54, 1.807) is 0 Å². The fourth-order valence-corrected chi connectivity index (χ4v) is 2.88. The minimum absolute atomic E-state index is 0.101. The third-order valence-electron chi connectivity index (χ3n) is 4.17. The molecule has 6 heteroatoms. The van der Waals surface area contributed by atoms with Crippen molar-refractivity contribution < 1.29 is 4.74 Å². The molecule has 1 atom stereocenters. The number of ether oxygens (including phenoxy) is 1. The van der Waals surface area contributed by atoms with Gasteiger partial charge >= 0.3 is 0 Å². The van der Waals surface area contributed by atoms with Crippen LogP contribution in [0.5, 0.6) is 0 Å². The quantitative estimate of drug-likeness (QED) is 0.702. The predicted octanol–water partition coefficient (Wildman–Crippen LogP) is -0.486. The van der Waals surface area contributed by atoms with Crippen molar-refractivity contribution in [2.24, 2.45) is 11.1 Å². The van der Waals surface area contributed by atoms with Gasteiger partial charge in [0.15, 0.2) is 5.82 Å². The first kappa shape index (κ1) is 11.7. The first-order valence-electron chi connectivity index (χ1n) is 6.25. The minimum atomic E-state index is -0.180. The van der Waals surface area contributed by atoms with E-state index in [0.29, 0.717) is 12.4 Å². The number of nitrogens with zero attached hydrogens (tertiary/aromatic N) is 2. The van der Waals surface area contributed by atoms with E-state index in [4.69, 9.17) is 10.5 Å². The number of anilines is 1. The standard InChI is InChI=1S/C12H17N4O2/c13-9-7-18-8-12(9)1-5-16(6-2-12)10-11(17)15-4-3-14-10/h3,9H,1-2,5-8,13H2,(H,15,17). The van der Waals surface area contributed by atoms with E-state index in [1.165, 1.54) is 6.20 Å². The molecule has 0 saturated carbocycles. The molecule has 97 valence electrons. The summed E-state index contributed by atoms with van der Waals surface area (Å²) in [6.45, 7) is 3.00. The van der Waals surface area contributed by atoms with Gasteiger partial charge in [-0.25, -0.2) is 4.98 Å². The number of nitrogens with one attached hydrogen (secondary N) is 1. The molecule has 2 aliphatic heterocycles. The smallest absolute Gasteiger partial charge is 0.291 e. The van der Waals surface area contributed by atoms with E-state index in [9.17, 15) is 4.79 Å². The summed E-state index contributed by atoms with van der Waals surface area (Å²) >= 11 is 0. The minimum Gasteiger partial charge on any atom is -0.379 e. The maximum atomic E-state index is 11.7. The Morgan fingerprint density at radius 1 is 1.56 bits per heavy atom. The van der Waals surface area contributed by atoms with Gasteiger partial charge in [0.2, 0.25) is 0 Å². The predicted molar refractivity (Wildman–Crippen MR) is 66.4 cm³/mol. The third-order valence-corrected chi connectivity index (χ3v) is 4.17. The zero-order chi connectivity index (χ0) is 12.6. The van der Waals surface area contributed by atoms with Gasteiger partial charge in [0, 0.05) is 24.5 Å². The highest BCUT2D eigenvalue weighted by Crippen LogP contribution is 2.38. The Kier molecular flexibility index (Phi) is 2.83. The summed E-state index contributed by atoms with van der Waals surface area (Å²) in [7, 11) is 0. The Hall–Kier alpha value is -1.40. The summed E-state index contributed by atoms with van der Waals surface area (Å²) in [4.78, 5) is 20.3. The molecule has 1 spiro atoms. The van der Waals surface area contributed by atoms with Gasteiger partial charge in [-0.1, -0.05) is 0 Å². The van der Waals surface area contributed by atoms with E-state index in [0.717, 1.165) is 32.5 Å². The normalized spacial score (nSPS) is 26.7. The largest absolute Gasteiger partial charge is 0.379 e. The molecule has 3 N–H and O–H groups in total. The molecule has 1 unspecified atom stereocenters. The van der Waals surface area contributed by atoms with Gasteiger partial charge < -0.3 is 20.4 Å². The van der Waals surface area contributed by atoms with Crippen LogP contribution in [0.15, 0.2) is 11.0 Å². The zero-order valence-electron chi connectivity index (χ0n) is 10.2. The molecule has 0 amide bonds. The van der Waals surface area contributed by atoms with Crippen LogP contribution in [0.25, 0.3) is 0 Å². The Morgan fingerprint density at radius 2 is 2.33 bits per heavy atom. The lowest BCUT2D eigenvalue weighted by molar-refractivity contribution is 0.131. The fraction of sp³-hybridized carbons (Fsp3) is 0.667. The van der Waals surface area contributed by atoms with Crippen molar-refractivity contribution in [3.05, 3.63) is 22.7 Å². The summed E-state index contributed by atoms with van der Waals surface area (Å²) < 4.78 is 5.48. The van der Waals surface area contributed by atoms with Crippen molar-refractivity contribution in [2.75, 3.05) is 31.2 Å². The number of aromatic amines is 1. The van der Waals surface area contributed by atoms with Gasteiger partial charge in [0.1, 0.15) is 0 Å². The number of hydrogen-bond donors (Lipinski definition) is 2. The first-order valence-corrected chi connectivity index (χ1v) is 6.25. The van der Waals surface area contributed by atoms with Gasteiger partial charge in [-0.15, -0.1) is 0 Å². The highest BCUT2D eigenvalue weighted by molar-refractivity contribution is 5.36. The fourth-order valence-electron chi connectivity index (χ4n) is 2.88. The van der Waals surface area contributed by atoms with E-state index in [1.807, 2.05) is 4.90 Å². The molecule has 2 aliphatic rings. The lowest BCUT2D eigenvalue weighted by Crippen LogP contribution is -2.50. The monoisotopic (exact) mass is 249 g/mol. The number of H-pyrrole nitrogens is 1. The summed E-state index contributed by atoms with van der Waals surface area (Å²) in [5.74, 6) is 0.482. The molecule has 1 radical (unpaired) electrons. The average molecular weight is 249 g/mol. The Morgan fingerprint density at radius 3 is 2.94 bits per heavy atom. The van der Waals surface area contributed by atoms with Crippen molar-refractivity contribution in [2.45, 2.75) is 18.9 Å². The number of rotatable bonds is 1. The molecule has 1 aromatic heterocycles. The second-order valence-corrected chi connectivity index (χ2v) is 5.15. The molecule has 3 heterocycles. The van der Waals surface area contributed by atoms with Crippen LogP contribution in [0.2, 0.25) is 0 Å². The van der Waals surface area contributed by atoms with Crippen LogP contribution in [-0.4, -0.2) is 42.3 Å². The highest BCUT2D eigenvalue weighted by atomic mass is 16.5. The van der Waals surface area contributed by atoms with Gasteiger partial charge in [-0.2, -0.15) is 0 Å². The maximum Gasteiger partial charge on any atom is 0.291 e. The van der Waals surface area contributed by atoms with Crippen LogP contribution in [-0.2, 0) is 4.74 Å². The lowest BCUT2D eigenvalue weighted by atomic mass is 9.75. The summed E-state index contributed by atoms with van der Waals surface area (Å²) in [5.41, 5.74) is 6.05. The molecule has 0 aliphatic carbocycles. The molecule has 6 nitrogen and oxygen atoms in total. The van der Waals surface area contributed by atoms with Crippen molar-refractivity contribution in [3.8, 4) is 0 Å². The SMILES string of the molecule is NC1COCC12CCN(c1nc[c][nH]c1=O)CC2. The third kappa shape index (κ3) is 1.81.